The van der Waals surface area contributed by atoms with Crippen molar-refractivity contribution in [2.24, 2.45) is 0 Å². The predicted molar refractivity (Wildman–Crippen MR) is 73.5 cm³/mol. The minimum absolute atomic E-state index is 0.252. The number of allylic oxidation sites excluding steroid dienone is 1. The van der Waals surface area contributed by atoms with Gasteiger partial charge in [-0.3, -0.25) is 4.79 Å². The first-order valence-electron chi connectivity index (χ1n) is 6.05. The molecular weight excluding hydrogens is 242 g/mol. The zero-order valence-corrected chi connectivity index (χ0v) is 11.7. The summed E-state index contributed by atoms with van der Waals surface area (Å²) in [5.41, 5.74) is 0.444. The minimum atomic E-state index is -0.544. The average molecular weight is 261 g/mol. The Morgan fingerprint density at radius 3 is 2.26 bits per heavy atom. The van der Waals surface area contributed by atoms with E-state index in [0.717, 1.165) is 0 Å². The van der Waals surface area contributed by atoms with Gasteiger partial charge in [-0.05, 0) is 39.8 Å². The molecule has 1 rings (SSSR count). The van der Waals surface area contributed by atoms with Crippen LogP contribution in [0.25, 0.3) is 0 Å². The largest absolute Gasteiger partial charge is 0.457 e. The first-order valence-corrected chi connectivity index (χ1v) is 6.05. The summed E-state index contributed by atoms with van der Waals surface area (Å²) >= 11 is 0. The maximum atomic E-state index is 11.8. The lowest BCUT2D eigenvalue weighted by molar-refractivity contribution is -0.148. The van der Waals surface area contributed by atoms with Gasteiger partial charge in [-0.2, -0.15) is 0 Å². The molecule has 0 spiro atoms. The number of nitrogens with one attached hydrogen (secondary N) is 1. The van der Waals surface area contributed by atoms with E-state index in [-0.39, 0.29) is 5.91 Å². The molecule has 0 atom stereocenters. The number of esters is 1. The van der Waals surface area contributed by atoms with Crippen LogP contribution in [-0.2, 0) is 9.53 Å². The highest BCUT2D eigenvalue weighted by Gasteiger charge is 2.15. The molecule has 1 aromatic rings. The molecule has 19 heavy (non-hydrogen) atoms. The number of hydrogen-bond acceptors (Lipinski definition) is 3. The maximum absolute atomic E-state index is 11.8. The Morgan fingerprint density at radius 1 is 1.16 bits per heavy atom. The van der Waals surface area contributed by atoms with Crippen molar-refractivity contribution in [3.05, 3.63) is 47.7 Å². The summed E-state index contributed by atoms with van der Waals surface area (Å²) in [7, 11) is 0. The molecule has 0 unspecified atom stereocenters. The molecule has 0 bridgehead atoms. The number of amides is 1. The summed E-state index contributed by atoms with van der Waals surface area (Å²) in [5, 5.41) is 2.63. The summed E-state index contributed by atoms with van der Waals surface area (Å²) in [5.74, 6) is -0.726. The standard InChI is InChI=1S/C15H19NO3/c1-11(10-13(17)19-15(2,3)4)16-14(18)12-8-6-5-7-9-12/h5-10H,1-4H3,(H,16,18)/b11-10-. The fourth-order valence-electron chi connectivity index (χ4n) is 1.38. The van der Waals surface area contributed by atoms with E-state index in [1.807, 2.05) is 6.07 Å². The van der Waals surface area contributed by atoms with Gasteiger partial charge in [-0.25, -0.2) is 4.79 Å². The van der Waals surface area contributed by atoms with Crippen molar-refractivity contribution in [3.63, 3.8) is 0 Å². The molecule has 1 aromatic carbocycles. The predicted octanol–water partition coefficient (Wildman–Crippen LogP) is 2.66. The van der Waals surface area contributed by atoms with E-state index in [1.54, 1.807) is 52.0 Å². The quantitative estimate of drug-likeness (QED) is 0.672. The number of hydrogen-bond donors (Lipinski definition) is 1. The molecule has 4 heteroatoms. The smallest absolute Gasteiger partial charge is 0.333 e. The van der Waals surface area contributed by atoms with E-state index in [1.165, 1.54) is 6.08 Å². The molecule has 1 N–H and O–H groups in total. The van der Waals surface area contributed by atoms with Crippen molar-refractivity contribution in [1.82, 2.24) is 5.32 Å². The zero-order chi connectivity index (χ0) is 14.5. The van der Waals surface area contributed by atoms with Gasteiger partial charge in [-0.1, -0.05) is 18.2 Å². The molecule has 102 valence electrons. The van der Waals surface area contributed by atoms with Crippen molar-refractivity contribution >= 4 is 11.9 Å². The summed E-state index contributed by atoms with van der Waals surface area (Å²) < 4.78 is 5.13. The van der Waals surface area contributed by atoms with Gasteiger partial charge >= 0.3 is 5.97 Å². The van der Waals surface area contributed by atoms with Crippen molar-refractivity contribution in [1.29, 1.82) is 0 Å². The molecule has 0 aliphatic rings. The van der Waals surface area contributed by atoms with Crippen LogP contribution >= 0.6 is 0 Å². The second-order valence-corrected chi connectivity index (χ2v) is 5.18. The first-order chi connectivity index (χ1) is 8.78. The van der Waals surface area contributed by atoms with Crippen LogP contribution in [-0.4, -0.2) is 17.5 Å². The number of carbonyl (C=O) groups excluding carboxylic acids is 2. The van der Waals surface area contributed by atoms with Gasteiger partial charge in [0.25, 0.3) is 5.91 Å². The Morgan fingerprint density at radius 2 is 1.74 bits per heavy atom. The van der Waals surface area contributed by atoms with Gasteiger partial charge in [0, 0.05) is 17.3 Å². The maximum Gasteiger partial charge on any atom is 0.333 e. The molecule has 0 heterocycles. The monoisotopic (exact) mass is 261 g/mol. The normalized spacial score (nSPS) is 11.9. The average Bonchev–Trinajstić information content (AvgIpc) is 2.27. The number of rotatable bonds is 3. The van der Waals surface area contributed by atoms with Crippen LogP contribution in [0.4, 0.5) is 0 Å². The van der Waals surface area contributed by atoms with Crippen LogP contribution in [0, 0.1) is 0 Å². The number of ether oxygens (including phenoxy) is 1. The highest BCUT2D eigenvalue weighted by molar-refractivity contribution is 5.96. The van der Waals surface area contributed by atoms with Gasteiger partial charge in [0.15, 0.2) is 0 Å². The van der Waals surface area contributed by atoms with E-state index in [0.29, 0.717) is 11.3 Å². The highest BCUT2D eigenvalue weighted by atomic mass is 16.6. The molecule has 0 saturated heterocycles. The van der Waals surface area contributed by atoms with Crippen molar-refractivity contribution in [2.45, 2.75) is 33.3 Å². The van der Waals surface area contributed by atoms with Crippen molar-refractivity contribution < 1.29 is 14.3 Å². The van der Waals surface area contributed by atoms with E-state index in [4.69, 9.17) is 4.74 Å². The van der Waals surface area contributed by atoms with Crippen molar-refractivity contribution in [2.75, 3.05) is 0 Å². The van der Waals surface area contributed by atoms with Gasteiger partial charge in [0.1, 0.15) is 5.60 Å². The first kappa shape index (κ1) is 15.0. The van der Waals surface area contributed by atoms with Crippen LogP contribution in [0.2, 0.25) is 0 Å². The third kappa shape index (κ3) is 5.86. The molecule has 0 aliphatic heterocycles. The molecule has 0 fully saturated rings. The minimum Gasteiger partial charge on any atom is -0.457 e. The lowest BCUT2D eigenvalue weighted by Gasteiger charge is -2.18. The van der Waals surface area contributed by atoms with Crippen LogP contribution in [0.1, 0.15) is 38.1 Å². The Balaban J connectivity index is 2.62. The molecule has 0 aliphatic carbocycles. The highest BCUT2D eigenvalue weighted by Crippen LogP contribution is 2.08. The zero-order valence-electron chi connectivity index (χ0n) is 11.7. The molecule has 1 amide bonds. The van der Waals surface area contributed by atoms with Crippen LogP contribution in [0.15, 0.2) is 42.1 Å². The number of benzene rings is 1. The Labute approximate surface area is 113 Å². The van der Waals surface area contributed by atoms with Gasteiger partial charge in [0.05, 0.1) is 0 Å². The van der Waals surface area contributed by atoms with Gasteiger partial charge < -0.3 is 10.1 Å². The summed E-state index contributed by atoms with van der Waals surface area (Å²) in [6.07, 6.45) is 1.27. The second-order valence-electron chi connectivity index (χ2n) is 5.18. The summed E-state index contributed by atoms with van der Waals surface area (Å²) in [6.45, 7) is 7.01. The summed E-state index contributed by atoms with van der Waals surface area (Å²) in [6, 6.07) is 8.80. The lowest BCUT2D eigenvalue weighted by atomic mass is 10.2. The fourth-order valence-corrected chi connectivity index (χ4v) is 1.38. The molecule has 0 aromatic heterocycles. The van der Waals surface area contributed by atoms with Gasteiger partial charge in [0.2, 0.25) is 0 Å². The fraction of sp³-hybridized carbons (Fsp3) is 0.333. The molecule has 4 nitrogen and oxygen atoms in total. The van der Waals surface area contributed by atoms with E-state index in [2.05, 4.69) is 5.32 Å². The SMILES string of the molecule is C/C(=C/C(=O)OC(C)(C)C)NC(=O)c1ccccc1. The lowest BCUT2D eigenvalue weighted by Crippen LogP contribution is -2.25. The second kappa shape index (κ2) is 6.18. The Bertz CT molecular complexity index is 484. The van der Waals surface area contributed by atoms with E-state index in [9.17, 15) is 9.59 Å². The molecule has 0 saturated carbocycles. The van der Waals surface area contributed by atoms with E-state index < -0.39 is 11.6 Å². The molecule has 0 radical (unpaired) electrons. The van der Waals surface area contributed by atoms with Crippen LogP contribution in [0.3, 0.4) is 0 Å². The third-order valence-electron chi connectivity index (χ3n) is 2.09. The molecular formula is C15H19NO3. The van der Waals surface area contributed by atoms with E-state index >= 15 is 0 Å². The topological polar surface area (TPSA) is 55.4 Å². The Kier molecular flexibility index (Phi) is 4.87. The number of carbonyl (C=O) groups is 2. The van der Waals surface area contributed by atoms with Crippen LogP contribution in [0.5, 0.6) is 0 Å². The van der Waals surface area contributed by atoms with Crippen molar-refractivity contribution in [3.8, 4) is 0 Å². The summed E-state index contributed by atoms with van der Waals surface area (Å²) in [4.78, 5) is 23.4. The third-order valence-corrected chi connectivity index (χ3v) is 2.09. The van der Waals surface area contributed by atoms with Gasteiger partial charge in [-0.15, -0.1) is 0 Å². The van der Waals surface area contributed by atoms with Crippen LogP contribution < -0.4 is 5.32 Å². The Hall–Kier alpha value is -2.10.